The van der Waals surface area contributed by atoms with Crippen LogP contribution in [0.2, 0.25) is 0 Å². The van der Waals surface area contributed by atoms with Gasteiger partial charge in [-0.3, -0.25) is 4.79 Å². The molecule has 0 fully saturated rings. The third-order valence-corrected chi connectivity index (χ3v) is 3.07. The lowest BCUT2D eigenvalue weighted by Gasteiger charge is -2.09. The summed E-state index contributed by atoms with van der Waals surface area (Å²) in [5.74, 6) is 1.04. The van der Waals surface area contributed by atoms with Crippen LogP contribution in [0.5, 0.6) is 0 Å². The summed E-state index contributed by atoms with van der Waals surface area (Å²) < 4.78 is 0. The van der Waals surface area contributed by atoms with E-state index in [-0.39, 0.29) is 5.91 Å². The minimum atomic E-state index is 0.163. The highest BCUT2D eigenvalue weighted by Crippen LogP contribution is 2.13. The van der Waals surface area contributed by atoms with Gasteiger partial charge in [0.2, 0.25) is 5.91 Å². The highest BCUT2D eigenvalue weighted by Gasteiger charge is 2.00. The van der Waals surface area contributed by atoms with Gasteiger partial charge in [-0.1, -0.05) is 13.3 Å². The Morgan fingerprint density at radius 2 is 2.05 bits per heavy atom. The van der Waals surface area contributed by atoms with Crippen molar-refractivity contribution < 1.29 is 4.79 Å². The van der Waals surface area contributed by atoms with Gasteiger partial charge in [-0.25, -0.2) is 4.98 Å². The van der Waals surface area contributed by atoms with E-state index in [1.165, 1.54) is 0 Å². The third-order valence-electron chi connectivity index (χ3n) is 3.07. The Labute approximate surface area is 121 Å². The lowest BCUT2D eigenvalue weighted by molar-refractivity contribution is -0.121. The molecule has 5 nitrogen and oxygen atoms in total. The molecule has 20 heavy (non-hydrogen) atoms. The van der Waals surface area contributed by atoms with Gasteiger partial charge in [0, 0.05) is 19.5 Å². The molecule has 0 saturated heterocycles. The van der Waals surface area contributed by atoms with Gasteiger partial charge in [-0.15, -0.1) is 0 Å². The molecule has 1 aromatic rings. The van der Waals surface area contributed by atoms with Crippen LogP contribution < -0.4 is 16.4 Å². The fourth-order valence-electron chi connectivity index (χ4n) is 1.89. The lowest BCUT2D eigenvalue weighted by atomic mass is 10.2. The van der Waals surface area contributed by atoms with Crippen molar-refractivity contribution in [2.75, 3.05) is 24.1 Å². The summed E-state index contributed by atoms with van der Waals surface area (Å²) in [4.78, 5) is 15.6. The van der Waals surface area contributed by atoms with E-state index in [0.29, 0.717) is 12.1 Å². The summed E-state index contributed by atoms with van der Waals surface area (Å²) in [6.07, 6.45) is 6.30. The van der Waals surface area contributed by atoms with Crippen molar-refractivity contribution in [2.24, 2.45) is 0 Å². The van der Waals surface area contributed by atoms with Crippen LogP contribution >= 0.6 is 0 Å². The maximum atomic E-state index is 11.4. The van der Waals surface area contributed by atoms with Gasteiger partial charge in [-0.05, 0) is 37.8 Å². The van der Waals surface area contributed by atoms with Crippen LogP contribution in [0.3, 0.4) is 0 Å². The van der Waals surface area contributed by atoms with Crippen molar-refractivity contribution in [3.63, 3.8) is 0 Å². The van der Waals surface area contributed by atoms with Crippen molar-refractivity contribution in [1.29, 1.82) is 0 Å². The Kier molecular flexibility index (Phi) is 7.47. The van der Waals surface area contributed by atoms with Crippen LogP contribution in [-0.2, 0) is 4.79 Å². The maximum Gasteiger partial charge on any atom is 0.219 e. The number of hydrogen-bond donors (Lipinski definition) is 3. The molecule has 1 amide bonds. The molecule has 4 N–H and O–H groups in total. The van der Waals surface area contributed by atoms with E-state index in [1.807, 2.05) is 13.0 Å². The summed E-state index contributed by atoms with van der Waals surface area (Å²) >= 11 is 0. The van der Waals surface area contributed by atoms with Gasteiger partial charge in [0.15, 0.2) is 0 Å². The number of aryl methyl sites for hydroxylation is 1. The first-order chi connectivity index (χ1) is 9.63. The Balaban J connectivity index is 2.09. The van der Waals surface area contributed by atoms with E-state index in [9.17, 15) is 4.79 Å². The van der Waals surface area contributed by atoms with Gasteiger partial charge < -0.3 is 16.4 Å². The highest BCUT2D eigenvalue weighted by atomic mass is 16.1. The number of amides is 1. The second-order valence-corrected chi connectivity index (χ2v) is 5.02. The summed E-state index contributed by atoms with van der Waals surface area (Å²) in [7, 11) is 0. The zero-order valence-corrected chi connectivity index (χ0v) is 12.5. The molecule has 0 saturated carbocycles. The summed E-state index contributed by atoms with van der Waals surface area (Å²) in [6, 6.07) is 1.91. The summed E-state index contributed by atoms with van der Waals surface area (Å²) in [5.41, 5.74) is 7.39. The quantitative estimate of drug-likeness (QED) is 0.606. The molecule has 112 valence electrons. The van der Waals surface area contributed by atoms with Crippen LogP contribution in [0.4, 0.5) is 11.5 Å². The molecule has 0 spiro atoms. The summed E-state index contributed by atoms with van der Waals surface area (Å²) in [5, 5.41) is 6.22. The normalized spacial score (nSPS) is 10.3. The van der Waals surface area contributed by atoms with Gasteiger partial charge in [0.1, 0.15) is 5.82 Å². The Bertz CT molecular complexity index is 420. The standard InChI is InChI=1S/C15H26N4O/c1-3-4-7-14(20)17-8-5-6-9-18-15-12(2)10-13(16)11-19-15/h10-11H,3-9,16H2,1-2H3,(H,17,20)(H,18,19). The molecule has 0 aliphatic carbocycles. The van der Waals surface area contributed by atoms with Crippen molar-refractivity contribution in [3.05, 3.63) is 17.8 Å². The average molecular weight is 278 g/mol. The number of nitrogens with two attached hydrogens (primary N) is 1. The summed E-state index contributed by atoms with van der Waals surface area (Å²) in [6.45, 7) is 5.67. The van der Waals surface area contributed by atoms with Gasteiger partial charge in [-0.2, -0.15) is 0 Å². The predicted molar refractivity (Wildman–Crippen MR) is 83.6 cm³/mol. The van der Waals surface area contributed by atoms with Crippen LogP contribution in [0, 0.1) is 6.92 Å². The first-order valence-corrected chi connectivity index (χ1v) is 7.36. The number of pyridine rings is 1. The van der Waals surface area contributed by atoms with E-state index in [0.717, 1.165) is 50.2 Å². The third kappa shape index (κ3) is 6.41. The molecule has 0 aliphatic heterocycles. The van der Waals surface area contributed by atoms with Crippen LogP contribution in [-0.4, -0.2) is 24.0 Å². The van der Waals surface area contributed by atoms with Crippen molar-refractivity contribution >= 4 is 17.4 Å². The number of carbonyl (C=O) groups excluding carboxylic acids is 1. The van der Waals surface area contributed by atoms with Gasteiger partial charge in [0.05, 0.1) is 11.9 Å². The molecule has 1 rings (SSSR count). The van der Waals surface area contributed by atoms with Gasteiger partial charge >= 0.3 is 0 Å². The number of aromatic nitrogens is 1. The highest BCUT2D eigenvalue weighted by molar-refractivity contribution is 5.75. The van der Waals surface area contributed by atoms with E-state index in [2.05, 4.69) is 22.5 Å². The predicted octanol–water partition coefficient (Wildman–Crippen LogP) is 2.47. The zero-order chi connectivity index (χ0) is 14.8. The molecule has 1 aromatic heterocycles. The molecule has 5 heteroatoms. The number of nitrogen functional groups attached to an aromatic ring is 1. The number of carbonyl (C=O) groups is 1. The largest absolute Gasteiger partial charge is 0.397 e. The van der Waals surface area contributed by atoms with Crippen LogP contribution in [0.1, 0.15) is 44.6 Å². The maximum absolute atomic E-state index is 11.4. The molecule has 0 aliphatic rings. The van der Waals surface area contributed by atoms with E-state index in [1.54, 1.807) is 6.20 Å². The molecule has 0 radical (unpaired) electrons. The first-order valence-electron chi connectivity index (χ1n) is 7.36. The van der Waals surface area contributed by atoms with E-state index < -0.39 is 0 Å². The second-order valence-electron chi connectivity index (χ2n) is 5.02. The smallest absolute Gasteiger partial charge is 0.219 e. The molecule has 0 aromatic carbocycles. The number of anilines is 2. The zero-order valence-electron chi connectivity index (χ0n) is 12.5. The molecular formula is C15H26N4O. The minimum Gasteiger partial charge on any atom is -0.397 e. The fraction of sp³-hybridized carbons (Fsp3) is 0.600. The SMILES string of the molecule is CCCCC(=O)NCCCCNc1ncc(N)cc1C. The first kappa shape index (κ1) is 16.3. The van der Waals surface area contributed by atoms with Crippen molar-refractivity contribution in [2.45, 2.75) is 46.0 Å². The Hall–Kier alpha value is -1.78. The molecule has 1 heterocycles. The van der Waals surface area contributed by atoms with Crippen LogP contribution in [0.25, 0.3) is 0 Å². The van der Waals surface area contributed by atoms with Crippen LogP contribution in [0.15, 0.2) is 12.3 Å². The Morgan fingerprint density at radius 3 is 2.75 bits per heavy atom. The topological polar surface area (TPSA) is 80.0 Å². The van der Waals surface area contributed by atoms with E-state index in [4.69, 9.17) is 5.73 Å². The van der Waals surface area contributed by atoms with Crippen molar-refractivity contribution in [1.82, 2.24) is 10.3 Å². The number of nitrogens with zero attached hydrogens (tertiary/aromatic N) is 1. The monoisotopic (exact) mass is 278 g/mol. The lowest BCUT2D eigenvalue weighted by Crippen LogP contribution is -2.24. The minimum absolute atomic E-state index is 0.163. The molecular weight excluding hydrogens is 252 g/mol. The number of rotatable bonds is 9. The second kappa shape index (κ2) is 9.18. The molecule has 0 atom stereocenters. The fourth-order valence-corrected chi connectivity index (χ4v) is 1.89. The van der Waals surface area contributed by atoms with E-state index >= 15 is 0 Å². The van der Waals surface area contributed by atoms with Crippen molar-refractivity contribution in [3.8, 4) is 0 Å². The Morgan fingerprint density at radius 1 is 1.30 bits per heavy atom. The van der Waals surface area contributed by atoms with Gasteiger partial charge in [0.25, 0.3) is 0 Å². The number of hydrogen-bond acceptors (Lipinski definition) is 4. The molecule has 0 unspecified atom stereocenters. The molecule has 0 bridgehead atoms. The number of unbranched alkanes of at least 4 members (excludes halogenated alkanes) is 2. The number of nitrogens with one attached hydrogen (secondary N) is 2. The average Bonchev–Trinajstić information content (AvgIpc) is 2.42.